The van der Waals surface area contributed by atoms with Crippen LogP contribution in [0.2, 0.25) is 0 Å². The van der Waals surface area contributed by atoms with E-state index in [1.807, 2.05) is 58.8 Å². The Labute approximate surface area is 222 Å². The standard InChI is InChI=1S/C29H34N6O3/c1-15-13-31-27(32-23-12-19-8-10-24(23)35(19)28(36)37-29(4,5)6)33-26(15)21-14-30-22-11-18(7-9-20(21)22)25-16(2)34-38-17(25)3/h7,9,11,13-14,19,23-24,30H,8,10,12H2,1-6H3,(H,31,32,33)/t19-,23+,24+/m1/s1. The van der Waals surface area contributed by atoms with Gasteiger partial charge < -0.3 is 24.5 Å². The van der Waals surface area contributed by atoms with Gasteiger partial charge in [-0.1, -0.05) is 17.3 Å². The Morgan fingerprint density at radius 2 is 2.03 bits per heavy atom. The van der Waals surface area contributed by atoms with Gasteiger partial charge in [-0.3, -0.25) is 0 Å². The smallest absolute Gasteiger partial charge is 0.410 e. The predicted octanol–water partition coefficient (Wildman–Crippen LogP) is 6.16. The minimum Gasteiger partial charge on any atom is -0.444 e. The first kappa shape index (κ1) is 24.5. The zero-order valence-corrected chi connectivity index (χ0v) is 22.8. The molecule has 0 aliphatic carbocycles. The summed E-state index contributed by atoms with van der Waals surface area (Å²) >= 11 is 0. The van der Waals surface area contributed by atoms with Crippen molar-refractivity contribution in [1.82, 2.24) is 25.0 Å². The van der Waals surface area contributed by atoms with E-state index in [0.29, 0.717) is 5.95 Å². The van der Waals surface area contributed by atoms with Gasteiger partial charge in [-0.15, -0.1) is 0 Å². The van der Waals surface area contributed by atoms with Crippen LogP contribution in [0.3, 0.4) is 0 Å². The molecule has 2 bridgehead atoms. The first-order valence-electron chi connectivity index (χ1n) is 13.3. The van der Waals surface area contributed by atoms with Crippen LogP contribution in [0.15, 0.2) is 35.1 Å². The summed E-state index contributed by atoms with van der Waals surface area (Å²) in [7, 11) is 0. The number of ether oxygens (including phenoxy) is 1. The van der Waals surface area contributed by atoms with Crippen LogP contribution in [0.5, 0.6) is 0 Å². The molecule has 38 heavy (non-hydrogen) atoms. The zero-order chi connectivity index (χ0) is 26.8. The monoisotopic (exact) mass is 514 g/mol. The number of benzene rings is 1. The number of hydrogen-bond donors (Lipinski definition) is 2. The van der Waals surface area contributed by atoms with Gasteiger partial charge in [-0.25, -0.2) is 14.8 Å². The lowest BCUT2D eigenvalue weighted by Crippen LogP contribution is -2.42. The molecular weight excluding hydrogens is 480 g/mol. The molecule has 6 rings (SSSR count). The molecule has 0 spiro atoms. The maximum Gasteiger partial charge on any atom is 0.410 e. The van der Waals surface area contributed by atoms with E-state index < -0.39 is 5.60 Å². The Morgan fingerprint density at radius 1 is 1.21 bits per heavy atom. The van der Waals surface area contributed by atoms with Crippen molar-refractivity contribution < 1.29 is 14.1 Å². The molecule has 3 atom stereocenters. The van der Waals surface area contributed by atoms with Gasteiger partial charge in [-0.05, 0) is 78.0 Å². The van der Waals surface area contributed by atoms with Gasteiger partial charge in [-0.2, -0.15) is 0 Å². The second kappa shape index (κ2) is 8.85. The number of nitrogens with one attached hydrogen (secondary N) is 2. The molecule has 1 amide bonds. The number of aryl methyl sites for hydroxylation is 3. The Hall–Kier alpha value is -3.88. The second-order valence-electron chi connectivity index (χ2n) is 11.6. The highest BCUT2D eigenvalue weighted by Gasteiger charge is 2.50. The van der Waals surface area contributed by atoms with Crippen LogP contribution in [0.1, 0.15) is 57.1 Å². The van der Waals surface area contributed by atoms with Gasteiger partial charge >= 0.3 is 6.09 Å². The number of aromatic nitrogens is 4. The third kappa shape index (κ3) is 4.19. The van der Waals surface area contributed by atoms with Gasteiger partial charge in [0, 0.05) is 40.5 Å². The molecule has 2 saturated heterocycles. The summed E-state index contributed by atoms with van der Waals surface area (Å²) in [6.45, 7) is 11.6. The second-order valence-corrected chi connectivity index (χ2v) is 11.6. The molecule has 1 aromatic carbocycles. The van der Waals surface area contributed by atoms with E-state index in [1.54, 1.807) is 0 Å². The Morgan fingerprint density at radius 3 is 2.76 bits per heavy atom. The molecule has 9 nitrogen and oxygen atoms in total. The van der Waals surface area contributed by atoms with Crippen molar-refractivity contribution >= 4 is 22.9 Å². The quantitative estimate of drug-likeness (QED) is 0.336. The average Bonchev–Trinajstić information content (AvgIpc) is 3.61. The summed E-state index contributed by atoms with van der Waals surface area (Å²) < 4.78 is 11.1. The van der Waals surface area contributed by atoms with Crippen molar-refractivity contribution in [3.8, 4) is 22.4 Å². The predicted molar refractivity (Wildman–Crippen MR) is 146 cm³/mol. The van der Waals surface area contributed by atoms with Crippen LogP contribution in [0.25, 0.3) is 33.3 Å². The van der Waals surface area contributed by atoms with Gasteiger partial charge in [0.25, 0.3) is 0 Å². The molecule has 2 N–H and O–H groups in total. The number of rotatable bonds is 4. The lowest BCUT2D eigenvalue weighted by Gasteiger charge is -2.28. The molecule has 198 valence electrons. The first-order valence-corrected chi connectivity index (χ1v) is 13.3. The minimum absolute atomic E-state index is 0.0824. The maximum absolute atomic E-state index is 12.9. The summed E-state index contributed by atoms with van der Waals surface area (Å²) in [5.41, 5.74) is 6.38. The van der Waals surface area contributed by atoms with E-state index in [2.05, 4.69) is 38.6 Å². The highest BCUT2D eigenvalue weighted by atomic mass is 16.6. The third-order valence-electron chi connectivity index (χ3n) is 7.69. The number of fused-ring (bicyclic) bond motifs is 3. The number of carbonyl (C=O) groups excluding carboxylic acids is 1. The van der Waals surface area contributed by atoms with Gasteiger partial charge in [0.05, 0.1) is 23.5 Å². The molecule has 2 aliphatic rings. The normalized spacial score (nSPS) is 20.9. The summed E-state index contributed by atoms with van der Waals surface area (Å²) in [6, 6.07) is 6.71. The average molecular weight is 515 g/mol. The molecule has 3 aromatic heterocycles. The highest BCUT2D eigenvalue weighted by molar-refractivity contribution is 5.97. The molecular formula is C29H34N6O3. The largest absolute Gasteiger partial charge is 0.444 e. The van der Waals surface area contributed by atoms with E-state index in [1.165, 1.54) is 0 Å². The van der Waals surface area contributed by atoms with Crippen LogP contribution in [0, 0.1) is 20.8 Å². The molecule has 2 fully saturated rings. The maximum atomic E-state index is 12.9. The number of H-pyrrole nitrogens is 1. The summed E-state index contributed by atoms with van der Waals surface area (Å²) in [6.07, 6.45) is 6.47. The molecule has 0 saturated carbocycles. The summed E-state index contributed by atoms with van der Waals surface area (Å²) in [4.78, 5) is 27.7. The fourth-order valence-corrected chi connectivity index (χ4v) is 6.07. The number of amides is 1. The van der Waals surface area contributed by atoms with Crippen molar-refractivity contribution in [3.05, 3.63) is 47.6 Å². The Bertz CT molecular complexity index is 1510. The van der Waals surface area contributed by atoms with Gasteiger partial charge in [0.2, 0.25) is 5.95 Å². The Kier molecular flexibility index (Phi) is 5.70. The number of nitrogens with zero attached hydrogens (tertiary/aromatic N) is 4. The zero-order valence-electron chi connectivity index (χ0n) is 22.8. The molecule has 0 radical (unpaired) electrons. The molecule has 9 heteroatoms. The van der Waals surface area contributed by atoms with E-state index >= 15 is 0 Å². The molecule has 0 unspecified atom stereocenters. The van der Waals surface area contributed by atoms with Crippen molar-refractivity contribution in [3.63, 3.8) is 0 Å². The molecule has 4 aromatic rings. The van der Waals surface area contributed by atoms with E-state index in [-0.39, 0.29) is 24.2 Å². The van der Waals surface area contributed by atoms with Crippen LogP contribution >= 0.6 is 0 Å². The molecule has 2 aliphatic heterocycles. The van der Waals surface area contributed by atoms with Crippen molar-refractivity contribution in [2.45, 2.75) is 84.5 Å². The minimum atomic E-state index is -0.510. The van der Waals surface area contributed by atoms with Gasteiger partial charge in [0.1, 0.15) is 11.4 Å². The van der Waals surface area contributed by atoms with Crippen molar-refractivity contribution in [2.75, 3.05) is 5.32 Å². The van der Waals surface area contributed by atoms with Crippen LogP contribution in [0.4, 0.5) is 10.7 Å². The van der Waals surface area contributed by atoms with E-state index in [0.717, 1.165) is 69.6 Å². The van der Waals surface area contributed by atoms with Crippen molar-refractivity contribution in [1.29, 1.82) is 0 Å². The fourth-order valence-electron chi connectivity index (χ4n) is 6.07. The van der Waals surface area contributed by atoms with E-state index in [9.17, 15) is 4.79 Å². The number of aromatic amines is 1. The van der Waals surface area contributed by atoms with Crippen LogP contribution in [-0.2, 0) is 4.74 Å². The van der Waals surface area contributed by atoms with E-state index in [4.69, 9.17) is 14.2 Å². The molecule has 5 heterocycles. The number of anilines is 1. The SMILES string of the molecule is Cc1cnc(N[C@H]2C[C@H]3CC[C@@H]2N3C(=O)OC(C)(C)C)nc1-c1c[nH]c2cc(-c3c(C)noc3C)ccc12. The highest BCUT2D eigenvalue weighted by Crippen LogP contribution is 2.40. The van der Waals surface area contributed by atoms with Crippen LogP contribution in [-0.4, -0.2) is 54.8 Å². The lowest BCUT2D eigenvalue weighted by molar-refractivity contribution is 0.0214. The topological polar surface area (TPSA) is 109 Å². The summed E-state index contributed by atoms with van der Waals surface area (Å²) in [5, 5.41) is 8.72. The fraction of sp³-hybridized carbons (Fsp3) is 0.448. The third-order valence-corrected chi connectivity index (χ3v) is 7.69. The first-order chi connectivity index (χ1) is 18.1. The van der Waals surface area contributed by atoms with Crippen molar-refractivity contribution in [2.24, 2.45) is 0 Å². The number of carbonyl (C=O) groups is 1. The number of hydrogen-bond acceptors (Lipinski definition) is 7. The summed E-state index contributed by atoms with van der Waals surface area (Å²) in [5.74, 6) is 1.39. The van der Waals surface area contributed by atoms with Crippen LogP contribution < -0.4 is 5.32 Å². The van der Waals surface area contributed by atoms with Gasteiger partial charge in [0.15, 0.2) is 0 Å². The lowest BCUT2D eigenvalue weighted by atomic mass is 9.96. The Balaban J connectivity index is 1.26.